The smallest absolute Gasteiger partial charge is 0.410 e. The fourth-order valence-corrected chi connectivity index (χ4v) is 6.58. The second-order valence-corrected chi connectivity index (χ2v) is 11.2. The summed E-state index contributed by atoms with van der Waals surface area (Å²) in [5, 5.41) is 9.17. The molecule has 10 nitrogen and oxygen atoms in total. The SMILES string of the molecule is N#Cc1ccc2[nH]c(N3CCN([C@H]4C[C@@H](C(=O)N5CCSC5)N(C(=O)OCc5ccccc5)C4)CC3)nc2c1. The van der Waals surface area contributed by atoms with Gasteiger partial charge in [0.2, 0.25) is 11.9 Å². The van der Waals surface area contributed by atoms with Crippen LogP contribution in [0, 0.1) is 11.3 Å². The Hall–Kier alpha value is -3.75. The quantitative estimate of drug-likeness (QED) is 0.522. The number of piperazine rings is 1. The monoisotopic (exact) mass is 545 g/mol. The van der Waals surface area contributed by atoms with Crippen molar-refractivity contribution in [2.75, 3.05) is 55.8 Å². The van der Waals surface area contributed by atoms with Crippen molar-refractivity contribution in [1.29, 1.82) is 5.26 Å². The third-order valence-corrected chi connectivity index (χ3v) is 8.76. The van der Waals surface area contributed by atoms with Gasteiger partial charge in [-0.25, -0.2) is 9.78 Å². The lowest BCUT2D eigenvalue weighted by Crippen LogP contribution is -2.51. The molecular formula is C28H31N7O3S. The van der Waals surface area contributed by atoms with Gasteiger partial charge in [-0.05, 0) is 30.2 Å². The van der Waals surface area contributed by atoms with Crippen LogP contribution in [0.15, 0.2) is 48.5 Å². The molecule has 202 valence electrons. The van der Waals surface area contributed by atoms with Crippen LogP contribution in [0.5, 0.6) is 0 Å². The number of ether oxygens (including phenoxy) is 1. The Morgan fingerprint density at radius 2 is 1.92 bits per heavy atom. The Kier molecular flexibility index (Phi) is 7.30. The van der Waals surface area contributed by atoms with Crippen molar-refractivity contribution in [1.82, 2.24) is 24.7 Å². The zero-order valence-electron chi connectivity index (χ0n) is 21.7. The highest BCUT2D eigenvalue weighted by Crippen LogP contribution is 2.28. The normalized spacial score (nSPS) is 21.9. The second-order valence-electron chi connectivity index (χ2n) is 10.2. The Labute approximate surface area is 231 Å². The van der Waals surface area contributed by atoms with E-state index >= 15 is 0 Å². The average Bonchev–Trinajstić information content (AvgIpc) is 3.76. The molecule has 0 aliphatic carbocycles. The first-order valence-corrected chi connectivity index (χ1v) is 14.5. The van der Waals surface area contributed by atoms with E-state index in [4.69, 9.17) is 9.72 Å². The van der Waals surface area contributed by atoms with Gasteiger partial charge >= 0.3 is 6.09 Å². The third-order valence-electron chi connectivity index (χ3n) is 7.80. The molecule has 0 spiro atoms. The zero-order chi connectivity index (χ0) is 26.8. The number of hydrogen-bond acceptors (Lipinski definition) is 8. The molecule has 2 aromatic carbocycles. The Bertz CT molecular complexity index is 1380. The number of likely N-dealkylation sites (tertiary alicyclic amines) is 1. The van der Waals surface area contributed by atoms with E-state index in [1.807, 2.05) is 41.3 Å². The minimum Gasteiger partial charge on any atom is -0.445 e. The lowest BCUT2D eigenvalue weighted by Gasteiger charge is -2.37. The van der Waals surface area contributed by atoms with Crippen molar-refractivity contribution in [2.24, 2.45) is 0 Å². The number of nitrogens with zero attached hydrogens (tertiary/aromatic N) is 6. The standard InChI is InChI=1S/C28H31N7O3S/c29-16-21-6-7-23-24(14-21)31-27(30-23)33-10-8-32(9-11-33)22-15-25(26(36)34-12-13-39-19-34)35(17-22)28(37)38-18-20-4-2-1-3-5-20/h1-7,14,22,25H,8-13,15,17-19H2,(H,30,31)/t22-,25-/m0/s1. The topological polar surface area (TPSA) is 109 Å². The van der Waals surface area contributed by atoms with Crippen LogP contribution in [-0.2, 0) is 16.1 Å². The number of rotatable bonds is 5. The van der Waals surface area contributed by atoms with Crippen molar-refractivity contribution < 1.29 is 14.3 Å². The summed E-state index contributed by atoms with van der Waals surface area (Å²) >= 11 is 1.75. The van der Waals surface area contributed by atoms with Crippen LogP contribution >= 0.6 is 11.8 Å². The Morgan fingerprint density at radius 3 is 2.67 bits per heavy atom. The number of H-pyrrole nitrogens is 1. The summed E-state index contributed by atoms with van der Waals surface area (Å²) in [6.07, 6.45) is 0.186. The number of carbonyl (C=O) groups is 2. The number of thioether (sulfide) groups is 1. The molecule has 2 atom stereocenters. The van der Waals surface area contributed by atoms with Crippen molar-refractivity contribution in [3.8, 4) is 6.07 Å². The first-order valence-electron chi connectivity index (χ1n) is 13.3. The molecule has 3 fully saturated rings. The van der Waals surface area contributed by atoms with Gasteiger partial charge in [-0.15, -0.1) is 11.8 Å². The number of fused-ring (bicyclic) bond motifs is 1. The summed E-state index contributed by atoms with van der Waals surface area (Å²) in [6.45, 7) is 4.56. The molecule has 1 aromatic heterocycles. The first-order chi connectivity index (χ1) is 19.1. The lowest BCUT2D eigenvalue weighted by molar-refractivity contribution is -0.134. The van der Waals surface area contributed by atoms with Crippen LogP contribution in [0.25, 0.3) is 11.0 Å². The maximum atomic E-state index is 13.4. The van der Waals surface area contributed by atoms with Gasteiger partial charge in [0.25, 0.3) is 0 Å². The number of aromatic nitrogens is 2. The number of hydrogen-bond donors (Lipinski definition) is 1. The molecule has 3 saturated heterocycles. The summed E-state index contributed by atoms with van der Waals surface area (Å²) in [6, 6.07) is 16.8. The number of aromatic amines is 1. The van der Waals surface area contributed by atoms with Gasteiger partial charge < -0.3 is 19.5 Å². The van der Waals surface area contributed by atoms with Crippen molar-refractivity contribution in [3.63, 3.8) is 0 Å². The van der Waals surface area contributed by atoms with Gasteiger partial charge in [0.15, 0.2) is 0 Å². The highest BCUT2D eigenvalue weighted by atomic mass is 32.2. The number of nitriles is 1. The van der Waals surface area contributed by atoms with E-state index in [0.29, 0.717) is 24.4 Å². The van der Waals surface area contributed by atoms with Gasteiger partial charge in [0, 0.05) is 51.1 Å². The molecule has 2 amide bonds. The predicted octanol–water partition coefficient (Wildman–Crippen LogP) is 2.87. The van der Waals surface area contributed by atoms with Crippen molar-refractivity contribution in [2.45, 2.75) is 25.1 Å². The molecule has 0 saturated carbocycles. The number of benzene rings is 2. The predicted molar refractivity (Wildman–Crippen MR) is 149 cm³/mol. The lowest BCUT2D eigenvalue weighted by atomic mass is 10.1. The Morgan fingerprint density at radius 1 is 1.10 bits per heavy atom. The fraction of sp³-hybridized carbons (Fsp3) is 0.429. The van der Waals surface area contributed by atoms with E-state index in [1.165, 1.54) is 0 Å². The van der Waals surface area contributed by atoms with Crippen LogP contribution in [-0.4, -0.2) is 99.6 Å². The van der Waals surface area contributed by atoms with Crippen molar-refractivity contribution >= 4 is 40.7 Å². The van der Waals surface area contributed by atoms with Gasteiger partial charge in [0.1, 0.15) is 12.6 Å². The minimum atomic E-state index is -0.500. The molecule has 0 radical (unpaired) electrons. The number of anilines is 1. The van der Waals surface area contributed by atoms with Gasteiger partial charge in [0.05, 0.1) is 28.5 Å². The molecule has 39 heavy (non-hydrogen) atoms. The summed E-state index contributed by atoms with van der Waals surface area (Å²) in [5.41, 5.74) is 3.21. The molecule has 3 aromatic rings. The van der Waals surface area contributed by atoms with E-state index in [0.717, 1.165) is 61.0 Å². The van der Waals surface area contributed by atoms with Gasteiger partial charge in [-0.3, -0.25) is 14.6 Å². The summed E-state index contributed by atoms with van der Waals surface area (Å²) < 4.78 is 5.66. The van der Waals surface area contributed by atoms with Gasteiger partial charge in [-0.2, -0.15) is 5.26 Å². The zero-order valence-corrected chi connectivity index (χ0v) is 22.5. The number of amides is 2. The summed E-state index contributed by atoms with van der Waals surface area (Å²) in [5.74, 6) is 2.44. The van der Waals surface area contributed by atoms with E-state index in [-0.39, 0.29) is 18.6 Å². The number of imidazole rings is 1. The second kappa shape index (κ2) is 11.2. The molecule has 3 aliphatic rings. The Balaban J connectivity index is 1.11. The molecule has 1 N–H and O–H groups in total. The average molecular weight is 546 g/mol. The maximum absolute atomic E-state index is 13.4. The highest BCUT2D eigenvalue weighted by molar-refractivity contribution is 7.99. The molecule has 0 unspecified atom stereocenters. The van der Waals surface area contributed by atoms with Crippen LogP contribution in [0.1, 0.15) is 17.5 Å². The van der Waals surface area contributed by atoms with E-state index in [1.54, 1.807) is 28.8 Å². The largest absolute Gasteiger partial charge is 0.445 e. The van der Waals surface area contributed by atoms with Crippen LogP contribution < -0.4 is 4.90 Å². The molecule has 4 heterocycles. The highest BCUT2D eigenvalue weighted by Gasteiger charge is 2.45. The van der Waals surface area contributed by atoms with Crippen molar-refractivity contribution in [3.05, 3.63) is 59.7 Å². The molecule has 11 heteroatoms. The molecular weight excluding hydrogens is 514 g/mol. The maximum Gasteiger partial charge on any atom is 0.410 e. The molecule has 3 aliphatic heterocycles. The number of carbonyl (C=O) groups excluding carboxylic acids is 2. The molecule has 6 rings (SSSR count). The first kappa shape index (κ1) is 25.5. The van der Waals surface area contributed by atoms with Crippen LogP contribution in [0.3, 0.4) is 0 Å². The fourth-order valence-electron chi connectivity index (χ4n) is 5.63. The molecule has 0 bridgehead atoms. The third kappa shape index (κ3) is 5.40. The van der Waals surface area contributed by atoms with Crippen LogP contribution in [0.4, 0.5) is 10.7 Å². The summed E-state index contributed by atoms with van der Waals surface area (Å²) in [4.78, 5) is 42.8. The van der Waals surface area contributed by atoms with E-state index < -0.39 is 12.1 Å². The van der Waals surface area contributed by atoms with E-state index in [2.05, 4.69) is 20.9 Å². The number of nitrogens with one attached hydrogen (secondary N) is 1. The minimum absolute atomic E-state index is 0.0248. The van der Waals surface area contributed by atoms with Crippen LogP contribution in [0.2, 0.25) is 0 Å². The summed E-state index contributed by atoms with van der Waals surface area (Å²) in [7, 11) is 0. The van der Waals surface area contributed by atoms with Gasteiger partial charge in [-0.1, -0.05) is 30.3 Å². The van der Waals surface area contributed by atoms with E-state index in [9.17, 15) is 14.9 Å².